The van der Waals surface area contributed by atoms with Gasteiger partial charge in [-0.05, 0) is 32.7 Å². The van der Waals surface area contributed by atoms with E-state index in [4.69, 9.17) is 0 Å². The SMILES string of the molecule is CN1C2CCC1CC(NC(=O)c1cnn3c(O)cc(-c4ccccc4)nc13)C2. The molecule has 0 radical (unpaired) electrons. The third kappa shape index (κ3) is 2.82. The molecule has 2 unspecified atom stereocenters. The van der Waals surface area contributed by atoms with E-state index in [1.807, 2.05) is 30.3 Å². The van der Waals surface area contributed by atoms with E-state index >= 15 is 0 Å². The lowest BCUT2D eigenvalue weighted by Gasteiger charge is -2.36. The summed E-state index contributed by atoms with van der Waals surface area (Å²) >= 11 is 0. The molecule has 2 saturated heterocycles. The van der Waals surface area contributed by atoms with E-state index in [-0.39, 0.29) is 17.8 Å². The summed E-state index contributed by atoms with van der Waals surface area (Å²) in [5.41, 5.74) is 2.24. The molecular formula is C21H23N5O2. The van der Waals surface area contributed by atoms with Crippen LogP contribution in [0.4, 0.5) is 0 Å². The van der Waals surface area contributed by atoms with Gasteiger partial charge in [-0.25, -0.2) is 4.98 Å². The molecule has 5 rings (SSSR count). The molecule has 2 aliphatic rings. The molecule has 2 fully saturated rings. The van der Waals surface area contributed by atoms with Gasteiger partial charge >= 0.3 is 0 Å². The van der Waals surface area contributed by atoms with Crippen LogP contribution < -0.4 is 5.32 Å². The molecule has 0 saturated carbocycles. The number of nitrogens with zero attached hydrogens (tertiary/aromatic N) is 4. The van der Waals surface area contributed by atoms with Crippen LogP contribution in [0.1, 0.15) is 36.0 Å². The van der Waals surface area contributed by atoms with Crippen molar-refractivity contribution >= 4 is 11.6 Å². The van der Waals surface area contributed by atoms with Crippen LogP contribution in [0, 0.1) is 0 Å². The number of aromatic nitrogens is 3. The van der Waals surface area contributed by atoms with E-state index < -0.39 is 0 Å². The maximum atomic E-state index is 13.0. The Labute approximate surface area is 163 Å². The lowest BCUT2D eigenvalue weighted by molar-refractivity contribution is 0.0884. The van der Waals surface area contributed by atoms with Crippen molar-refractivity contribution < 1.29 is 9.90 Å². The van der Waals surface area contributed by atoms with Crippen LogP contribution in [0.15, 0.2) is 42.6 Å². The summed E-state index contributed by atoms with van der Waals surface area (Å²) in [5.74, 6) is -0.221. The number of benzene rings is 1. The molecule has 7 nitrogen and oxygen atoms in total. The first kappa shape index (κ1) is 17.2. The van der Waals surface area contributed by atoms with Gasteiger partial charge in [-0.15, -0.1) is 0 Å². The van der Waals surface area contributed by atoms with Gasteiger partial charge in [-0.1, -0.05) is 30.3 Å². The number of hydrogen-bond donors (Lipinski definition) is 2. The Bertz CT molecular complexity index is 1020. The van der Waals surface area contributed by atoms with E-state index in [9.17, 15) is 9.90 Å². The van der Waals surface area contributed by atoms with Crippen molar-refractivity contribution in [3.63, 3.8) is 0 Å². The van der Waals surface area contributed by atoms with Gasteiger partial charge in [-0.3, -0.25) is 4.79 Å². The maximum Gasteiger partial charge on any atom is 0.256 e. The molecule has 4 heterocycles. The number of carbonyl (C=O) groups is 1. The third-order valence-corrected chi connectivity index (χ3v) is 6.20. The molecule has 1 aromatic carbocycles. The summed E-state index contributed by atoms with van der Waals surface area (Å²) in [6.45, 7) is 0. The van der Waals surface area contributed by atoms with Crippen molar-refractivity contribution in [2.75, 3.05) is 7.05 Å². The molecule has 0 aliphatic carbocycles. The van der Waals surface area contributed by atoms with E-state index in [0.717, 1.165) is 18.4 Å². The van der Waals surface area contributed by atoms with Crippen molar-refractivity contribution in [3.8, 4) is 17.1 Å². The molecular weight excluding hydrogens is 354 g/mol. The molecule has 2 aromatic heterocycles. The van der Waals surface area contributed by atoms with E-state index in [0.29, 0.717) is 29.0 Å². The highest BCUT2D eigenvalue weighted by molar-refractivity contribution is 6.00. The highest BCUT2D eigenvalue weighted by Crippen LogP contribution is 2.34. The molecule has 2 aliphatic heterocycles. The molecule has 3 aromatic rings. The van der Waals surface area contributed by atoms with Crippen LogP contribution in [0.2, 0.25) is 0 Å². The van der Waals surface area contributed by atoms with Gasteiger partial charge in [0.25, 0.3) is 5.91 Å². The van der Waals surface area contributed by atoms with Crippen LogP contribution in [-0.2, 0) is 0 Å². The average Bonchev–Trinajstić information content (AvgIpc) is 3.20. The smallest absolute Gasteiger partial charge is 0.256 e. The number of piperidine rings is 1. The fourth-order valence-corrected chi connectivity index (χ4v) is 4.66. The Morgan fingerprint density at radius 2 is 1.89 bits per heavy atom. The third-order valence-electron chi connectivity index (χ3n) is 6.20. The van der Waals surface area contributed by atoms with Gasteiger partial charge in [0.15, 0.2) is 5.65 Å². The van der Waals surface area contributed by atoms with Gasteiger partial charge in [0.2, 0.25) is 5.88 Å². The predicted molar refractivity (Wildman–Crippen MR) is 105 cm³/mol. The highest BCUT2D eigenvalue weighted by Gasteiger charge is 2.39. The first-order chi connectivity index (χ1) is 13.6. The zero-order valence-electron chi connectivity index (χ0n) is 15.7. The molecule has 1 amide bonds. The minimum Gasteiger partial charge on any atom is -0.493 e. The van der Waals surface area contributed by atoms with Crippen molar-refractivity contribution in [2.24, 2.45) is 0 Å². The fraction of sp³-hybridized carbons (Fsp3) is 0.381. The summed E-state index contributed by atoms with van der Waals surface area (Å²) in [6.07, 6.45) is 5.85. The monoisotopic (exact) mass is 377 g/mol. The number of hydrogen-bond acceptors (Lipinski definition) is 5. The number of fused-ring (bicyclic) bond motifs is 3. The van der Waals surface area contributed by atoms with Crippen LogP contribution in [0.25, 0.3) is 16.9 Å². The van der Waals surface area contributed by atoms with E-state index in [1.54, 1.807) is 6.07 Å². The number of amides is 1. The van der Waals surface area contributed by atoms with Crippen LogP contribution in [-0.4, -0.2) is 55.7 Å². The first-order valence-corrected chi connectivity index (χ1v) is 9.76. The first-order valence-electron chi connectivity index (χ1n) is 9.76. The van der Waals surface area contributed by atoms with Crippen LogP contribution in [0.3, 0.4) is 0 Å². The maximum absolute atomic E-state index is 13.0. The zero-order chi connectivity index (χ0) is 19.3. The normalized spacial score (nSPS) is 24.5. The van der Waals surface area contributed by atoms with E-state index in [1.165, 1.54) is 23.6 Å². The second kappa shape index (κ2) is 6.60. The average molecular weight is 377 g/mol. The van der Waals surface area contributed by atoms with Crippen LogP contribution >= 0.6 is 0 Å². The Hall–Kier alpha value is -2.93. The Kier molecular flexibility index (Phi) is 4.05. The second-order valence-corrected chi connectivity index (χ2v) is 7.85. The molecule has 0 spiro atoms. The van der Waals surface area contributed by atoms with E-state index in [2.05, 4.69) is 27.3 Å². The van der Waals surface area contributed by atoms with Crippen molar-refractivity contribution in [2.45, 2.75) is 43.8 Å². The topological polar surface area (TPSA) is 82.8 Å². The minimum atomic E-state index is -0.180. The quantitative estimate of drug-likeness (QED) is 0.733. The number of aromatic hydroxyl groups is 1. The summed E-state index contributed by atoms with van der Waals surface area (Å²) in [4.78, 5) is 20.0. The largest absolute Gasteiger partial charge is 0.493 e. The number of carbonyl (C=O) groups excluding carboxylic acids is 1. The molecule has 2 atom stereocenters. The lowest BCUT2D eigenvalue weighted by Crippen LogP contribution is -2.48. The van der Waals surface area contributed by atoms with Crippen molar-refractivity contribution in [1.82, 2.24) is 24.8 Å². The molecule has 2 bridgehead atoms. The minimum absolute atomic E-state index is 0.0414. The van der Waals surface area contributed by atoms with Gasteiger partial charge < -0.3 is 15.3 Å². The van der Waals surface area contributed by atoms with Crippen LogP contribution in [0.5, 0.6) is 5.88 Å². The lowest BCUT2D eigenvalue weighted by atomic mass is 9.98. The fourth-order valence-electron chi connectivity index (χ4n) is 4.66. The van der Waals surface area contributed by atoms with Gasteiger partial charge in [0.05, 0.1) is 11.9 Å². The summed E-state index contributed by atoms with van der Waals surface area (Å²) < 4.78 is 1.31. The summed E-state index contributed by atoms with van der Waals surface area (Å²) in [7, 11) is 2.18. The highest BCUT2D eigenvalue weighted by atomic mass is 16.3. The second-order valence-electron chi connectivity index (χ2n) is 7.85. The number of nitrogens with one attached hydrogen (secondary N) is 1. The summed E-state index contributed by atoms with van der Waals surface area (Å²) in [6, 6.07) is 12.4. The van der Waals surface area contributed by atoms with Crippen molar-refractivity contribution in [3.05, 3.63) is 48.2 Å². The predicted octanol–water partition coefficient (Wildman–Crippen LogP) is 2.46. The molecule has 28 heavy (non-hydrogen) atoms. The van der Waals surface area contributed by atoms with Crippen molar-refractivity contribution in [1.29, 1.82) is 0 Å². The number of rotatable bonds is 3. The Morgan fingerprint density at radius 3 is 2.61 bits per heavy atom. The molecule has 144 valence electrons. The summed E-state index contributed by atoms with van der Waals surface area (Å²) in [5, 5.41) is 17.7. The van der Waals surface area contributed by atoms with Gasteiger partial charge in [0, 0.05) is 29.8 Å². The van der Waals surface area contributed by atoms with Gasteiger partial charge in [0.1, 0.15) is 5.56 Å². The standard InChI is InChI=1S/C21H23N5O2/c1-25-15-7-8-16(25)10-14(9-15)23-21(28)17-12-22-26-19(27)11-18(24-20(17)26)13-5-3-2-4-6-13/h2-6,11-12,14-16,27H,7-10H2,1H3,(H,23,28). The Balaban J connectivity index is 1.44. The zero-order valence-corrected chi connectivity index (χ0v) is 15.7. The van der Waals surface area contributed by atoms with Gasteiger partial charge in [-0.2, -0.15) is 9.61 Å². The molecule has 7 heteroatoms. The Morgan fingerprint density at radius 1 is 1.18 bits per heavy atom. The molecule has 2 N–H and O–H groups in total.